The van der Waals surface area contributed by atoms with Gasteiger partial charge in [-0.2, -0.15) is 5.26 Å². The number of hydrogen-bond acceptors (Lipinski definition) is 5. The number of benzene rings is 1. The molecule has 0 saturated heterocycles. The van der Waals surface area contributed by atoms with E-state index in [-0.39, 0.29) is 5.57 Å². The molecular weight excluding hydrogens is 294 g/mol. The van der Waals surface area contributed by atoms with Crippen LogP contribution in [0.4, 0.5) is 5.69 Å². The zero-order valence-corrected chi connectivity index (χ0v) is 13.8. The molecule has 1 amide bonds. The van der Waals surface area contributed by atoms with E-state index < -0.39 is 18.0 Å². The number of ether oxygens (including phenoxy) is 1. The van der Waals surface area contributed by atoms with Gasteiger partial charge in [0.25, 0.3) is 5.91 Å². The first-order valence-corrected chi connectivity index (χ1v) is 7.27. The van der Waals surface area contributed by atoms with Crippen LogP contribution in [0.5, 0.6) is 0 Å². The second kappa shape index (κ2) is 8.59. The molecule has 0 fully saturated rings. The number of carbonyl (C=O) groups excluding carboxylic acids is 2. The SMILES string of the molecule is CCNC(=O)[C@@H](C)OC(=O)/C(C#N)=C/c1ccc(N(C)C)cc1. The Balaban J connectivity index is 2.84. The molecule has 0 radical (unpaired) electrons. The number of carbonyl (C=O) groups is 2. The topological polar surface area (TPSA) is 82.4 Å². The van der Waals surface area contributed by atoms with Crippen LogP contribution >= 0.6 is 0 Å². The first-order valence-electron chi connectivity index (χ1n) is 7.27. The summed E-state index contributed by atoms with van der Waals surface area (Å²) in [7, 11) is 3.84. The quantitative estimate of drug-likeness (QED) is 0.491. The van der Waals surface area contributed by atoms with Crippen molar-refractivity contribution in [1.82, 2.24) is 5.32 Å². The third-order valence-corrected chi connectivity index (χ3v) is 3.06. The molecule has 0 heterocycles. The van der Waals surface area contributed by atoms with Crippen LogP contribution in [-0.2, 0) is 14.3 Å². The smallest absolute Gasteiger partial charge is 0.349 e. The predicted molar refractivity (Wildman–Crippen MR) is 88.6 cm³/mol. The van der Waals surface area contributed by atoms with E-state index in [0.29, 0.717) is 12.1 Å². The minimum absolute atomic E-state index is 0.154. The normalized spacial score (nSPS) is 12.0. The van der Waals surface area contributed by atoms with Gasteiger partial charge in [0, 0.05) is 26.3 Å². The molecule has 6 heteroatoms. The predicted octanol–water partition coefficient (Wildman–Crippen LogP) is 1.73. The Hall–Kier alpha value is -2.81. The number of nitrogens with one attached hydrogen (secondary N) is 1. The van der Waals surface area contributed by atoms with Gasteiger partial charge in [-0.1, -0.05) is 12.1 Å². The van der Waals surface area contributed by atoms with Crippen LogP contribution in [0.2, 0.25) is 0 Å². The number of nitriles is 1. The van der Waals surface area contributed by atoms with Gasteiger partial charge in [0.1, 0.15) is 11.6 Å². The number of rotatable bonds is 6. The maximum Gasteiger partial charge on any atom is 0.349 e. The van der Waals surface area contributed by atoms with E-state index in [4.69, 9.17) is 10.00 Å². The van der Waals surface area contributed by atoms with E-state index in [1.54, 1.807) is 19.1 Å². The molecule has 1 aromatic rings. The van der Waals surface area contributed by atoms with Gasteiger partial charge in [0.2, 0.25) is 0 Å². The molecule has 0 aliphatic heterocycles. The lowest BCUT2D eigenvalue weighted by Gasteiger charge is -2.13. The Bertz CT molecular complexity index is 627. The first kappa shape index (κ1) is 18.2. The number of nitrogens with zero attached hydrogens (tertiary/aromatic N) is 2. The summed E-state index contributed by atoms with van der Waals surface area (Å²) in [4.78, 5) is 25.5. The van der Waals surface area contributed by atoms with Crippen LogP contribution in [0.3, 0.4) is 0 Å². The minimum atomic E-state index is -0.949. The molecule has 0 aliphatic rings. The number of hydrogen-bond donors (Lipinski definition) is 1. The van der Waals surface area contributed by atoms with E-state index in [2.05, 4.69) is 5.32 Å². The Morgan fingerprint density at radius 2 is 1.96 bits per heavy atom. The third-order valence-electron chi connectivity index (χ3n) is 3.06. The van der Waals surface area contributed by atoms with E-state index >= 15 is 0 Å². The number of likely N-dealkylation sites (N-methyl/N-ethyl adjacent to an activating group) is 1. The van der Waals surface area contributed by atoms with Crippen molar-refractivity contribution in [3.8, 4) is 6.07 Å². The fourth-order valence-electron chi connectivity index (χ4n) is 1.77. The molecule has 6 nitrogen and oxygen atoms in total. The third kappa shape index (κ3) is 5.47. The average Bonchev–Trinajstić information content (AvgIpc) is 2.52. The fraction of sp³-hybridized carbons (Fsp3) is 0.353. The molecule has 1 atom stereocenters. The monoisotopic (exact) mass is 315 g/mol. The highest BCUT2D eigenvalue weighted by Crippen LogP contribution is 2.15. The summed E-state index contributed by atoms with van der Waals surface area (Å²) in [5, 5.41) is 11.7. The molecule has 0 bridgehead atoms. The summed E-state index contributed by atoms with van der Waals surface area (Å²) in [6.45, 7) is 3.67. The lowest BCUT2D eigenvalue weighted by Crippen LogP contribution is -2.35. The molecule has 0 aromatic heterocycles. The van der Waals surface area contributed by atoms with Gasteiger partial charge < -0.3 is 15.0 Å². The zero-order chi connectivity index (χ0) is 17.4. The molecule has 23 heavy (non-hydrogen) atoms. The summed E-state index contributed by atoms with van der Waals surface area (Å²) in [6, 6.07) is 9.16. The number of anilines is 1. The largest absolute Gasteiger partial charge is 0.448 e. The summed E-state index contributed by atoms with van der Waals surface area (Å²) in [5.41, 5.74) is 1.56. The molecule has 0 aliphatic carbocycles. The van der Waals surface area contributed by atoms with Gasteiger partial charge >= 0.3 is 5.97 Å². The van der Waals surface area contributed by atoms with Crippen LogP contribution < -0.4 is 10.2 Å². The van der Waals surface area contributed by atoms with Crippen molar-refractivity contribution in [2.75, 3.05) is 25.5 Å². The van der Waals surface area contributed by atoms with Gasteiger partial charge in [-0.15, -0.1) is 0 Å². The molecule has 0 spiro atoms. The fourth-order valence-corrected chi connectivity index (χ4v) is 1.77. The highest BCUT2D eigenvalue weighted by atomic mass is 16.5. The van der Waals surface area contributed by atoms with Crippen LogP contribution in [0.15, 0.2) is 29.8 Å². The molecular formula is C17H21N3O3. The lowest BCUT2D eigenvalue weighted by atomic mass is 10.1. The van der Waals surface area contributed by atoms with Gasteiger partial charge in [-0.25, -0.2) is 4.79 Å². The van der Waals surface area contributed by atoms with E-state index in [1.807, 2.05) is 37.2 Å². The summed E-state index contributed by atoms with van der Waals surface area (Å²) in [5.74, 6) is -1.21. The van der Waals surface area contributed by atoms with Crippen LogP contribution in [-0.4, -0.2) is 38.6 Å². The second-order valence-corrected chi connectivity index (χ2v) is 5.10. The summed E-state index contributed by atoms with van der Waals surface area (Å²) < 4.78 is 5.00. The van der Waals surface area contributed by atoms with Crippen LogP contribution in [0.1, 0.15) is 19.4 Å². The van der Waals surface area contributed by atoms with Crippen LogP contribution in [0, 0.1) is 11.3 Å². The second-order valence-electron chi connectivity index (χ2n) is 5.10. The van der Waals surface area contributed by atoms with Gasteiger partial charge in [0.15, 0.2) is 6.10 Å². The number of esters is 1. The van der Waals surface area contributed by atoms with Crippen molar-refractivity contribution in [1.29, 1.82) is 5.26 Å². The Morgan fingerprint density at radius 1 is 1.35 bits per heavy atom. The molecule has 1 N–H and O–H groups in total. The van der Waals surface area contributed by atoms with E-state index in [0.717, 1.165) is 5.69 Å². The van der Waals surface area contributed by atoms with Crippen molar-refractivity contribution >= 4 is 23.6 Å². The van der Waals surface area contributed by atoms with E-state index in [9.17, 15) is 9.59 Å². The van der Waals surface area contributed by atoms with E-state index in [1.165, 1.54) is 13.0 Å². The standard InChI is InChI=1S/C17H21N3O3/c1-5-19-16(21)12(2)23-17(22)14(11-18)10-13-6-8-15(9-7-13)20(3)4/h6-10,12H,5H2,1-4H3,(H,19,21)/b14-10+/t12-/m1/s1. The summed E-state index contributed by atoms with van der Waals surface area (Å²) in [6.07, 6.45) is 0.488. The van der Waals surface area contributed by atoms with Gasteiger partial charge in [-0.05, 0) is 37.6 Å². The Morgan fingerprint density at radius 3 is 2.43 bits per heavy atom. The average molecular weight is 315 g/mol. The maximum absolute atomic E-state index is 12.0. The summed E-state index contributed by atoms with van der Waals surface area (Å²) >= 11 is 0. The van der Waals surface area contributed by atoms with Gasteiger partial charge in [-0.3, -0.25) is 4.79 Å². The highest BCUT2D eigenvalue weighted by molar-refractivity contribution is 5.99. The Labute approximate surface area is 136 Å². The number of amides is 1. The van der Waals surface area contributed by atoms with Crippen LogP contribution in [0.25, 0.3) is 6.08 Å². The minimum Gasteiger partial charge on any atom is -0.448 e. The zero-order valence-electron chi connectivity index (χ0n) is 13.8. The van der Waals surface area contributed by atoms with Crippen molar-refractivity contribution < 1.29 is 14.3 Å². The molecule has 0 unspecified atom stereocenters. The van der Waals surface area contributed by atoms with Gasteiger partial charge in [0.05, 0.1) is 0 Å². The molecule has 1 aromatic carbocycles. The maximum atomic E-state index is 12.0. The Kier molecular flexibility index (Phi) is 6.81. The van der Waals surface area contributed by atoms with Crippen molar-refractivity contribution in [3.05, 3.63) is 35.4 Å². The highest BCUT2D eigenvalue weighted by Gasteiger charge is 2.19. The first-order chi connectivity index (χ1) is 10.9. The molecule has 122 valence electrons. The molecule has 0 saturated carbocycles. The van der Waals surface area contributed by atoms with Crippen molar-refractivity contribution in [3.63, 3.8) is 0 Å². The molecule has 1 rings (SSSR count). The van der Waals surface area contributed by atoms with Crippen molar-refractivity contribution in [2.45, 2.75) is 20.0 Å². The lowest BCUT2D eigenvalue weighted by molar-refractivity contribution is -0.150. The van der Waals surface area contributed by atoms with Crippen molar-refractivity contribution in [2.24, 2.45) is 0 Å².